The molecule has 12 atom stereocenters. The van der Waals surface area contributed by atoms with Crippen molar-refractivity contribution in [2.24, 2.45) is 34.0 Å². The molecule has 6 aliphatic rings. The third-order valence-corrected chi connectivity index (χ3v) is 12.2. The van der Waals surface area contributed by atoms with Crippen LogP contribution in [-0.2, 0) is 38.1 Å². The van der Waals surface area contributed by atoms with Crippen molar-refractivity contribution in [2.45, 2.75) is 88.5 Å². The zero-order chi connectivity index (χ0) is 28.8. The Bertz CT molecular complexity index is 1360. The number of ether oxygens (including phenoxy) is 4. The molecular formula is C29H34O11. The van der Waals surface area contributed by atoms with Crippen molar-refractivity contribution in [3.63, 3.8) is 0 Å². The van der Waals surface area contributed by atoms with Gasteiger partial charge in [-0.15, -0.1) is 0 Å². The lowest BCUT2D eigenvalue weighted by Crippen LogP contribution is -2.64. The predicted molar refractivity (Wildman–Crippen MR) is 131 cm³/mol. The van der Waals surface area contributed by atoms with E-state index in [9.17, 15) is 29.4 Å². The topological polar surface area (TPSA) is 162 Å². The van der Waals surface area contributed by atoms with Gasteiger partial charge in [-0.05, 0) is 25.3 Å². The maximum atomic E-state index is 14.4. The monoisotopic (exact) mass is 558 g/mol. The number of furan rings is 1. The van der Waals surface area contributed by atoms with Crippen LogP contribution in [0, 0.1) is 34.0 Å². The van der Waals surface area contributed by atoms with E-state index in [1.165, 1.54) is 19.5 Å². The molecule has 2 aliphatic heterocycles. The average Bonchev–Trinajstić information content (AvgIpc) is 3.14. The lowest BCUT2D eigenvalue weighted by molar-refractivity contribution is -0.186. The molecule has 11 heteroatoms. The Morgan fingerprint density at radius 2 is 1.93 bits per heavy atom. The molecule has 40 heavy (non-hydrogen) atoms. The van der Waals surface area contributed by atoms with Gasteiger partial charge in [-0.2, -0.15) is 0 Å². The van der Waals surface area contributed by atoms with Gasteiger partial charge in [-0.1, -0.05) is 20.8 Å². The van der Waals surface area contributed by atoms with E-state index >= 15 is 0 Å². The van der Waals surface area contributed by atoms with Gasteiger partial charge in [0.1, 0.15) is 29.0 Å². The molecule has 11 nitrogen and oxygen atoms in total. The fourth-order valence-corrected chi connectivity index (χ4v) is 11.0. The molecule has 1 aromatic rings. The van der Waals surface area contributed by atoms with Crippen LogP contribution >= 0.6 is 0 Å². The Morgan fingerprint density at radius 1 is 1.20 bits per heavy atom. The van der Waals surface area contributed by atoms with Crippen molar-refractivity contribution >= 4 is 23.7 Å². The van der Waals surface area contributed by atoms with Gasteiger partial charge in [-0.3, -0.25) is 14.4 Å². The summed E-state index contributed by atoms with van der Waals surface area (Å²) in [4.78, 5) is 53.2. The first-order valence-electron chi connectivity index (χ1n) is 13.8. The van der Waals surface area contributed by atoms with Gasteiger partial charge in [0, 0.05) is 40.6 Å². The fraction of sp³-hybridized carbons (Fsp3) is 0.724. The highest BCUT2D eigenvalue weighted by molar-refractivity contribution is 5.94. The summed E-state index contributed by atoms with van der Waals surface area (Å²) in [5, 5.41) is 23.1. The number of aliphatic hydroxyl groups excluding tert-OH is 2. The Balaban J connectivity index is 1.48. The van der Waals surface area contributed by atoms with Crippen LogP contribution in [0.1, 0.15) is 65.0 Å². The van der Waals surface area contributed by atoms with E-state index in [4.69, 9.17) is 23.4 Å². The SMILES string of the molecule is COC(=O)[C@@H](O)[C@H]1[C@]2(C)C[C@@]3(OC(C)=O)[C@@H](C(=O)[C@H]2O)[C@]24O[C@]25CC(=O)O[C@@H](c2ccoc2)[C@]5(C)CC[C@H]4[C@]13C. The molecule has 0 aromatic carbocycles. The van der Waals surface area contributed by atoms with Gasteiger partial charge >= 0.3 is 17.9 Å². The van der Waals surface area contributed by atoms with Crippen LogP contribution in [0.5, 0.6) is 0 Å². The van der Waals surface area contributed by atoms with Crippen molar-refractivity contribution in [1.29, 1.82) is 0 Å². The molecule has 0 unspecified atom stereocenters. The van der Waals surface area contributed by atoms with Gasteiger partial charge in [0.15, 0.2) is 11.9 Å². The fourth-order valence-electron chi connectivity index (χ4n) is 11.0. The van der Waals surface area contributed by atoms with E-state index in [1.807, 2.05) is 13.8 Å². The Kier molecular flexibility index (Phi) is 4.81. The number of rotatable bonds is 4. The van der Waals surface area contributed by atoms with Crippen LogP contribution in [0.4, 0.5) is 0 Å². The third-order valence-electron chi connectivity index (χ3n) is 12.2. The number of carbonyl (C=O) groups is 4. The van der Waals surface area contributed by atoms with Crippen molar-refractivity contribution in [3.05, 3.63) is 24.2 Å². The molecule has 2 bridgehead atoms. The standard InChI is InChI=1S/C29H34O11/c1-13(30)39-27-12-24(2)19(18(33)23(35)36-5)26(27,4)15-6-8-25(3)22(14-7-9-37-11-14)38-16(31)10-28(25)29(15,40-28)20(27)17(32)21(24)34/h7,9,11,15,18-22,33-34H,6,8,10,12H2,1-5H3/t15-,18-,19-,20+,21+,22-,24-,25-,26+,27+,28-,29-/m0/s1. The molecule has 2 spiro atoms. The molecule has 3 heterocycles. The molecule has 4 saturated carbocycles. The number of epoxide rings is 1. The molecule has 2 N–H and O–H groups in total. The summed E-state index contributed by atoms with van der Waals surface area (Å²) >= 11 is 0. The predicted octanol–water partition coefficient (Wildman–Crippen LogP) is 1.63. The number of fused-ring (bicyclic) bond motifs is 2. The minimum atomic E-state index is -1.70. The largest absolute Gasteiger partial charge is 0.472 e. The number of carbonyl (C=O) groups excluding carboxylic acids is 4. The van der Waals surface area contributed by atoms with E-state index in [0.29, 0.717) is 18.4 Å². The van der Waals surface area contributed by atoms with Gasteiger partial charge in [0.2, 0.25) is 0 Å². The summed E-state index contributed by atoms with van der Waals surface area (Å²) in [6, 6.07) is 1.73. The van der Waals surface area contributed by atoms with Crippen molar-refractivity contribution in [3.8, 4) is 0 Å². The maximum Gasteiger partial charge on any atom is 0.335 e. The first-order chi connectivity index (χ1) is 18.7. The van der Waals surface area contributed by atoms with E-state index in [-0.39, 0.29) is 12.8 Å². The number of ketones is 1. The van der Waals surface area contributed by atoms with Crippen LogP contribution in [0.25, 0.3) is 0 Å². The molecular weight excluding hydrogens is 524 g/mol. The number of methoxy groups -OCH3 is 1. The second kappa shape index (κ2) is 7.35. The summed E-state index contributed by atoms with van der Waals surface area (Å²) in [6.45, 7) is 6.73. The number of Topliss-reactive ketones (excluding diaryl/α,β-unsaturated/α-hetero) is 1. The Hall–Kier alpha value is -2.76. The normalized spacial score (nSPS) is 52.1. The highest BCUT2D eigenvalue weighted by Gasteiger charge is 3.00. The minimum Gasteiger partial charge on any atom is -0.472 e. The molecule has 6 fully saturated rings. The van der Waals surface area contributed by atoms with Gasteiger partial charge in [-0.25, -0.2) is 4.79 Å². The summed E-state index contributed by atoms with van der Waals surface area (Å²) in [5.74, 6) is -5.20. The van der Waals surface area contributed by atoms with Crippen LogP contribution < -0.4 is 0 Å². The molecule has 7 rings (SSSR count). The van der Waals surface area contributed by atoms with E-state index in [0.717, 1.165) is 7.11 Å². The number of aliphatic hydroxyl groups is 2. The zero-order valence-corrected chi connectivity index (χ0v) is 23.1. The quantitative estimate of drug-likeness (QED) is 0.314. The smallest absolute Gasteiger partial charge is 0.335 e. The van der Waals surface area contributed by atoms with Crippen LogP contribution in [0.2, 0.25) is 0 Å². The Morgan fingerprint density at radius 3 is 2.55 bits per heavy atom. The second-order valence-corrected chi connectivity index (χ2v) is 13.5. The summed E-state index contributed by atoms with van der Waals surface area (Å²) in [5.41, 5.74) is -6.54. The van der Waals surface area contributed by atoms with E-state index < -0.39 is 92.8 Å². The van der Waals surface area contributed by atoms with E-state index in [1.54, 1.807) is 13.0 Å². The lowest BCUT2D eigenvalue weighted by atomic mass is 9.48. The number of cyclic esters (lactones) is 1. The number of hydrogen-bond donors (Lipinski definition) is 2. The summed E-state index contributed by atoms with van der Waals surface area (Å²) in [7, 11) is 1.16. The maximum absolute atomic E-state index is 14.4. The third kappa shape index (κ3) is 2.40. The summed E-state index contributed by atoms with van der Waals surface area (Å²) < 4.78 is 29.2. The minimum absolute atomic E-state index is 0.0381. The lowest BCUT2D eigenvalue weighted by Gasteiger charge is -2.54. The van der Waals surface area contributed by atoms with Crippen molar-refractivity contribution in [2.75, 3.05) is 7.11 Å². The Labute approximate surface area is 230 Å². The highest BCUT2D eigenvalue weighted by atomic mass is 16.7. The van der Waals surface area contributed by atoms with Crippen molar-refractivity contribution < 1.29 is 52.8 Å². The molecule has 4 aliphatic carbocycles. The van der Waals surface area contributed by atoms with Gasteiger partial charge in [0.05, 0.1) is 32.0 Å². The molecule has 0 amide bonds. The highest BCUT2D eigenvalue weighted by Crippen LogP contribution is 2.89. The van der Waals surface area contributed by atoms with Crippen LogP contribution in [0.3, 0.4) is 0 Å². The molecule has 216 valence electrons. The van der Waals surface area contributed by atoms with E-state index in [2.05, 4.69) is 0 Å². The summed E-state index contributed by atoms with van der Waals surface area (Å²) in [6.07, 6.45) is -0.0452. The average molecular weight is 559 g/mol. The number of esters is 3. The van der Waals surface area contributed by atoms with Gasteiger partial charge in [0.25, 0.3) is 0 Å². The molecule has 2 saturated heterocycles. The van der Waals surface area contributed by atoms with Gasteiger partial charge < -0.3 is 33.6 Å². The first-order valence-corrected chi connectivity index (χ1v) is 13.8. The number of hydrogen-bond acceptors (Lipinski definition) is 11. The first kappa shape index (κ1) is 26.2. The molecule has 1 aromatic heterocycles. The van der Waals surface area contributed by atoms with Crippen LogP contribution in [-0.4, -0.2) is 70.0 Å². The zero-order valence-electron chi connectivity index (χ0n) is 23.1. The van der Waals surface area contributed by atoms with Crippen LogP contribution in [0.15, 0.2) is 23.0 Å². The van der Waals surface area contributed by atoms with Crippen molar-refractivity contribution in [1.82, 2.24) is 0 Å². The second-order valence-electron chi connectivity index (χ2n) is 13.5. The molecule has 0 radical (unpaired) electrons.